The predicted octanol–water partition coefficient (Wildman–Crippen LogP) is -0.206. The van der Waals surface area contributed by atoms with Crippen LogP contribution in [0.1, 0.15) is 19.8 Å². The lowest BCUT2D eigenvalue weighted by molar-refractivity contribution is 0.257. The molecule has 8 nitrogen and oxygen atoms in total. The summed E-state index contributed by atoms with van der Waals surface area (Å²) in [5.74, 6) is 0.794. The molecule has 1 fully saturated rings. The Hall–Kier alpha value is -2.09. The molecule has 0 bridgehead atoms. The fourth-order valence-electron chi connectivity index (χ4n) is 2.55. The van der Waals surface area contributed by atoms with Crippen molar-refractivity contribution in [1.29, 1.82) is 0 Å². The highest BCUT2D eigenvalue weighted by molar-refractivity contribution is 5.85. The summed E-state index contributed by atoms with van der Waals surface area (Å²) in [5, 5.41) is 6.85. The highest BCUT2D eigenvalue weighted by Gasteiger charge is 2.29. The van der Waals surface area contributed by atoms with Crippen molar-refractivity contribution in [1.82, 2.24) is 20.2 Å². The number of aromatic nitrogens is 4. The largest absolute Gasteiger partial charge is 0.383 e. The zero-order chi connectivity index (χ0) is 14.3. The van der Waals surface area contributed by atoms with Gasteiger partial charge >= 0.3 is 0 Å². The number of nitrogens with two attached hydrogens (primary N) is 2. The molecular weight excluding hydrogens is 258 g/mol. The van der Waals surface area contributed by atoms with E-state index in [9.17, 15) is 4.79 Å². The fraction of sp³-hybridized carbons (Fsp3) is 0.583. The van der Waals surface area contributed by atoms with Crippen molar-refractivity contribution in [2.75, 3.05) is 30.3 Å². The van der Waals surface area contributed by atoms with Crippen LogP contribution < -0.4 is 21.9 Å². The normalized spacial score (nSPS) is 18.6. The quantitative estimate of drug-likeness (QED) is 0.601. The van der Waals surface area contributed by atoms with Gasteiger partial charge < -0.3 is 16.4 Å². The smallest absolute Gasteiger partial charge is 0.265 e. The Morgan fingerprint density at radius 2 is 2.10 bits per heavy atom. The molecule has 0 spiro atoms. The van der Waals surface area contributed by atoms with E-state index >= 15 is 0 Å². The molecule has 3 rings (SSSR count). The predicted molar refractivity (Wildman–Crippen MR) is 77.5 cm³/mol. The van der Waals surface area contributed by atoms with Gasteiger partial charge in [-0.25, -0.2) is 0 Å². The molecule has 6 N–H and O–H groups in total. The first-order valence-electron chi connectivity index (χ1n) is 6.71. The number of nitrogens with zero attached hydrogens (tertiary/aromatic N) is 3. The first-order valence-corrected chi connectivity index (χ1v) is 6.71. The lowest BCUT2D eigenvalue weighted by Crippen LogP contribution is -2.43. The van der Waals surface area contributed by atoms with Gasteiger partial charge in [-0.3, -0.25) is 14.9 Å². The van der Waals surface area contributed by atoms with Crippen molar-refractivity contribution in [3.05, 3.63) is 10.4 Å². The minimum atomic E-state index is -0.261. The Balaban J connectivity index is 1.91. The van der Waals surface area contributed by atoms with E-state index in [4.69, 9.17) is 11.5 Å². The van der Waals surface area contributed by atoms with Crippen LogP contribution in [0.15, 0.2) is 4.79 Å². The van der Waals surface area contributed by atoms with Crippen LogP contribution in [0.25, 0.3) is 11.0 Å². The minimum absolute atomic E-state index is 0.178. The highest BCUT2D eigenvalue weighted by atomic mass is 16.1. The molecule has 0 aliphatic carbocycles. The number of anilines is 2. The Kier molecular flexibility index (Phi) is 2.89. The van der Waals surface area contributed by atoms with Gasteiger partial charge in [0.2, 0.25) is 5.95 Å². The molecule has 1 aliphatic rings. The Morgan fingerprint density at radius 3 is 2.75 bits per heavy atom. The maximum absolute atomic E-state index is 12.0. The summed E-state index contributed by atoms with van der Waals surface area (Å²) in [6.45, 7) is 4.52. The summed E-state index contributed by atoms with van der Waals surface area (Å²) in [6.07, 6.45) is 1.96. The highest BCUT2D eigenvalue weighted by Crippen LogP contribution is 2.30. The second-order valence-corrected chi connectivity index (χ2v) is 5.73. The van der Waals surface area contributed by atoms with Crippen LogP contribution in [0.3, 0.4) is 0 Å². The number of H-pyrrole nitrogens is 2. The summed E-state index contributed by atoms with van der Waals surface area (Å²) >= 11 is 0. The summed E-state index contributed by atoms with van der Waals surface area (Å²) in [6, 6.07) is 0. The molecule has 0 unspecified atom stereocenters. The standard InChI is InChI=1S/C12H19N7O/c1-12(6-13)2-4-19(5-3-12)11-15-9-7(10(20)16-11)8(14)17-18-9/h2-6,13H2,1H3,(H4,14,15,16,17,18,20). The minimum Gasteiger partial charge on any atom is -0.383 e. The van der Waals surface area contributed by atoms with Gasteiger partial charge in [0, 0.05) is 13.1 Å². The van der Waals surface area contributed by atoms with Gasteiger partial charge in [0.15, 0.2) is 5.65 Å². The maximum atomic E-state index is 12.0. The van der Waals surface area contributed by atoms with E-state index in [1.807, 2.05) is 0 Å². The lowest BCUT2D eigenvalue weighted by Gasteiger charge is -2.38. The van der Waals surface area contributed by atoms with Crippen LogP contribution in [0.2, 0.25) is 0 Å². The van der Waals surface area contributed by atoms with Crippen molar-refractivity contribution in [3.63, 3.8) is 0 Å². The molecule has 0 atom stereocenters. The fourth-order valence-corrected chi connectivity index (χ4v) is 2.55. The first kappa shape index (κ1) is 12.9. The summed E-state index contributed by atoms with van der Waals surface area (Å²) < 4.78 is 0. The molecule has 20 heavy (non-hydrogen) atoms. The van der Waals surface area contributed by atoms with Crippen LogP contribution in [-0.4, -0.2) is 39.8 Å². The molecule has 108 valence electrons. The molecule has 0 aromatic carbocycles. The molecule has 3 heterocycles. The van der Waals surface area contributed by atoms with Gasteiger partial charge in [-0.05, 0) is 24.8 Å². The van der Waals surface area contributed by atoms with E-state index in [1.54, 1.807) is 0 Å². The van der Waals surface area contributed by atoms with Crippen molar-refractivity contribution in [2.45, 2.75) is 19.8 Å². The third-order valence-corrected chi connectivity index (χ3v) is 4.20. The molecule has 8 heteroatoms. The third-order valence-electron chi connectivity index (χ3n) is 4.20. The number of rotatable bonds is 2. The second kappa shape index (κ2) is 4.48. The van der Waals surface area contributed by atoms with Gasteiger partial charge in [0.25, 0.3) is 5.56 Å². The van der Waals surface area contributed by atoms with Crippen molar-refractivity contribution in [2.24, 2.45) is 11.1 Å². The van der Waals surface area contributed by atoms with E-state index in [1.165, 1.54) is 0 Å². The van der Waals surface area contributed by atoms with Crippen LogP contribution in [-0.2, 0) is 0 Å². The van der Waals surface area contributed by atoms with E-state index in [0.29, 0.717) is 23.5 Å². The van der Waals surface area contributed by atoms with Crippen molar-refractivity contribution < 1.29 is 0 Å². The van der Waals surface area contributed by atoms with Crippen LogP contribution in [0, 0.1) is 5.41 Å². The van der Waals surface area contributed by atoms with Crippen molar-refractivity contribution >= 4 is 22.8 Å². The lowest BCUT2D eigenvalue weighted by atomic mass is 9.81. The molecule has 0 saturated carbocycles. The molecule has 2 aromatic heterocycles. The van der Waals surface area contributed by atoms with Crippen LogP contribution in [0.5, 0.6) is 0 Å². The van der Waals surface area contributed by atoms with Gasteiger partial charge in [0.1, 0.15) is 11.2 Å². The average Bonchev–Trinajstić information content (AvgIpc) is 2.81. The maximum Gasteiger partial charge on any atom is 0.265 e. The van der Waals surface area contributed by atoms with Crippen LogP contribution >= 0.6 is 0 Å². The number of hydrogen-bond acceptors (Lipinski definition) is 6. The van der Waals surface area contributed by atoms with Gasteiger partial charge in [-0.1, -0.05) is 6.92 Å². The number of fused-ring (bicyclic) bond motifs is 1. The van der Waals surface area contributed by atoms with E-state index in [-0.39, 0.29) is 16.8 Å². The van der Waals surface area contributed by atoms with Gasteiger partial charge in [0.05, 0.1) is 0 Å². The van der Waals surface area contributed by atoms with Gasteiger partial charge in [-0.2, -0.15) is 10.1 Å². The number of hydrogen-bond donors (Lipinski definition) is 4. The van der Waals surface area contributed by atoms with Crippen molar-refractivity contribution in [3.8, 4) is 0 Å². The molecule has 0 amide bonds. The summed E-state index contributed by atoms with van der Waals surface area (Å²) in [5.41, 5.74) is 11.7. The zero-order valence-corrected chi connectivity index (χ0v) is 11.4. The average molecular weight is 277 g/mol. The molecule has 1 aliphatic heterocycles. The molecule has 1 saturated heterocycles. The summed E-state index contributed by atoms with van der Waals surface area (Å²) in [4.78, 5) is 21.2. The molecule has 0 radical (unpaired) electrons. The number of aromatic amines is 2. The monoisotopic (exact) mass is 277 g/mol. The Bertz CT molecular complexity index is 681. The molecule has 2 aromatic rings. The zero-order valence-electron chi connectivity index (χ0n) is 11.4. The topological polar surface area (TPSA) is 130 Å². The number of nitrogen functional groups attached to an aromatic ring is 1. The Labute approximate surface area is 115 Å². The summed E-state index contributed by atoms with van der Waals surface area (Å²) in [7, 11) is 0. The third kappa shape index (κ3) is 2.01. The van der Waals surface area contributed by atoms with E-state index in [2.05, 4.69) is 32.0 Å². The SMILES string of the molecule is CC1(CN)CCN(c2nc3n[nH]c(N)c3c(=O)[nH]2)CC1. The Morgan fingerprint density at radius 1 is 1.40 bits per heavy atom. The number of piperidine rings is 1. The molecular formula is C12H19N7O. The second-order valence-electron chi connectivity index (χ2n) is 5.73. The van der Waals surface area contributed by atoms with E-state index in [0.717, 1.165) is 25.9 Å². The van der Waals surface area contributed by atoms with E-state index < -0.39 is 0 Å². The first-order chi connectivity index (χ1) is 9.52. The number of nitrogens with one attached hydrogen (secondary N) is 2. The van der Waals surface area contributed by atoms with Gasteiger partial charge in [-0.15, -0.1) is 0 Å². The van der Waals surface area contributed by atoms with Crippen LogP contribution in [0.4, 0.5) is 11.8 Å².